The topological polar surface area (TPSA) is 29.5 Å². The summed E-state index contributed by atoms with van der Waals surface area (Å²) in [7, 11) is 0.363. The Morgan fingerprint density at radius 1 is 0.926 bits per heavy atom. The van der Waals surface area contributed by atoms with Crippen molar-refractivity contribution in [2.45, 2.75) is 38.9 Å². The zero-order chi connectivity index (χ0) is 19.4. The first-order valence-electron chi connectivity index (χ1n) is 9.05. The third-order valence-corrected chi connectivity index (χ3v) is 7.04. The molecule has 0 bridgehead atoms. The van der Waals surface area contributed by atoms with Crippen LogP contribution in [0.1, 0.15) is 27.7 Å². The maximum atomic E-state index is 10.3. The first-order chi connectivity index (χ1) is 12.7. The van der Waals surface area contributed by atoms with E-state index < -0.39 is 11.2 Å². The molecule has 2 nitrogen and oxygen atoms in total. The van der Waals surface area contributed by atoms with Crippen molar-refractivity contribution in [3.8, 4) is 0 Å². The lowest BCUT2D eigenvalue weighted by Gasteiger charge is -2.37. The minimum Gasteiger partial charge on any atom is -0.427 e. The summed E-state index contributed by atoms with van der Waals surface area (Å²) < 4.78 is 8.47. The van der Waals surface area contributed by atoms with E-state index in [1.54, 1.807) is 25.2 Å². The summed E-state index contributed by atoms with van der Waals surface area (Å²) in [5.41, 5.74) is -0.678. The molecular formula is C22H22BClO2S. The highest BCUT2D eigenvalue weighted by atomic mass is 35.5. The molecule has 0 aliphatic rings. The van der Waals surface area contributed by atoms with Crippen LogP contribution in [-0.4, -0.2) is 23.8 Å². The number of hydrogen-bond donors (Lipinski definition) is 1. The van der Waals surface area contributed by atoms with Gasteiger partial charge in [0, 0.05) is 25.2 Å². The zero-order valence-electron chi connectivity index (χ0n) is 16.0. The van der Waals surface area contributed by atoms with Crippen molar-refractivity contribution in [2.24, 2.45) is 0 Å². The van der Waals surface area contributed by atoms with Crippen LogP contribution in [0.25, 0.3) is 30.9 Å². The van der Waals surface area contributed by atoms with Crippen LogP contribution in [0.2, 0.25) is 5.02 Å². The molecule has 0 spiro atoms. The van der Waals surface area contributed by atoms with Gasteiger partial charge in [-0.05, 0) is 68.2 Å². The fourth-order valence-corrected chi connectivity index (χ4v) is 4.47. The second kappa shape index (κ2) is 6.49. The van der Waals surface area contributed by atoms with E-state index in [0.717, 1.165) is 5.46 Å². The highest BCUT2D eigenvalue weighted by Crippen LogP contribution is 2.37. The fraction of sp³-hybridized carbons (Fsp3) is 0.273. The number of fused-ring (bicyclic) bond motifs is 4. The van der Waals surface area contributed by atoms with Gasteiger partial charge in [-0.15, -0.1) is 11.3 Å². The van der Waals surface area contributed by atoms with Gasteiger partial charge in [0.1, 0.15) is 0 Å². The number of hydrogen-bond acceptors (Lipinski definition) is 3. The van der Waals surface area contributed by atoms with Gasteiger partial charge in [0.05, 0.1) is 11.2 Å². The van der Waals surface area contributed by atoms with Crippen molar-refractivity contribution in [1.29, 1.82) is 0 Å². The van der Waals surface area contributed by atoms with Gasteiger partial charge in [-0.2, -0.15) is 0 Å². The van der Waals surface area contributed by atoms with Gasteiger partial charge < -0.3 is 9.76 Å². The van der Waals surface area contributed by atoms with Crippen LogP contribution in [0, 0.1) is 0 Å². The molecule has 1 N–H and O–H groups in total. The van der Waals surface area contributed by atoms with E-state index in [1.165, 1.54) is 30.9 Å². The van der Waals surface area contributed by atoms with E-state index in [2.05, 4.69) is 42.5 Å². The third kappa shape index (κ3) is 3.36. The summed E-state index contributed by atoms with van der Waals surface area (Å²) in [6, 6.07) is 17.1. The SMILES string of the molecule is CC(C)(O)C(C)(C)OBc1cc2sc3cc4ccccc4cc3c2cc1Cl. The lowest BCUT2D eigenvalue weighted by Crippen LogP contribution is -2.49. The lowest BCUT2D eigenvalue weighted by atomic mass is 9.82. The van der Waals surface area contributed by atoms with Gasteiger partial charge in [0.2, 0.25) is 0 Å². The Labute approximate surface area is 169 Å². The quantitative estimate of drug-likeness (QED) is 0.468. The van der Waals surface area contributed by atoms with Crippen molar-refractivity contribution >= 4 is 66.8 Å². The van der Waals surface area contributed by atoms with Crippen LogP contribution in [-0.2, 0) is 4.65 Å². The summed E-state index contributed by atoms with van der Waals surface area (Å²) >= 11 is 8.36. The Hall–Kier alpha value is -1.59. The summed E-state index contributed by atoms with van der Waals surface area (Å²) in [6.07, 6.45) is 0. The Morgan fingerprint density at radius 3 is 2.19 bits per heavy atom. The molecule has 3 aromatic carbocycles. The second-order valence-corrected chi connectivity index (χ2v) is 9.59. The maximum absolute atomic E-state index is 10.3. The fourth-order valence-electron chi connectivity index (χ4n) is 3.07. The number of thiophene rings is 1. The molecule has 0 radical (unpaired) electrons. The minimum atomic E-state index is -0.943. The van der Waals surface area contributed by atoms with Crippen molar-refractivity contribution in [2.75, 3.05) is 0 Å². The van der Waals surface area contributed by atoms with Crippen molar-refractivity contribution in [3.05, 3.63) is 53.6 Å². The number of rotatable bonds is 4. The van der Waals surface area contributed by atoms with Gasteiger partial charge in [0.15, 0.2) is 0 Å². The molecule has 4 rings (SSSR count). The Bertz CT molecular complexity index is 1160. The molecule has 0 aliphatic carbocycles. The van der Waals surface area contributed by atoms with Gasteiger partial charge in [-0.1, -0.05) is 35.9 Å². The van der Waals surface area contributed by atoms with Crippen LogP contribution in [0.4, 0.5) is 0 Å². The third-order valence-electron chi connectivity index (χ3n) is 5.57. The molecule has 0 saturated heterocycles. The average molecular weight is 397 g/mol. The Balaban J connectivity index is 1.77. The monoisotopic (exact) mass is 396 g/mol. The van der Waals surface area contributed by atoms with Crippen LogP contribution < -0.4 is 5.46 Å². The molecule has 0 saturated carbocycles. The van der Waals surface area contributed by atoms with Crippen LogP contribution in [0.5, 0.6) is 0 Å². The van der Waals surface area contributed by atoms with E-state index in [0.29, 0.717) is 12.5 Å². The van der Waals surface area contributed by atoms with Crippen LogP contribution >= 0.6 is 22.9 Å². The van der Waals surface area contributed by atoms with Crippen molar-refractivity contribution in [3.63, 3.8) is 0 Å². The Kier molecular flexibility index (Phi) is 4.51. The molecule has 5 heteroatoms. The highest BCUT2D eigenvalue weighted by molar-refractivity contribution is 7.26. The Morgan fingerprint density at radius 2 is 1.52 bits per heavy atom. The van der Waals surface area contributed by atoms with E-state index in [4.69, 9.17) is 16.3 Å². The van der Waals surface area contributed by atoms with E-state index in [-0.39, 0.29) is 0 Å². The predicted octanol–water partition coefficient (Wildman–Crippen LogP) is 5.40. The van der Waals surface area contributed by atoms with Crippen molar-refractivity contribution in [1.82, 2.24) is 0 Å². The minimum absolute atomic E-state index is 0.363. The largest absolute Gasteiger partial charge is 0.427 e. The molecule has 0 fully saturated rings. The summed E-state index contributed by atoms with van der Waals surface area (Å²) in [5, 5.41) is 15.9. The van der Waals surface area contributed by atoms with Gasteiger partial charge in [-0.3, -0.25) is 0 Å². The van der Waals surface area contributed by atoms with Crippen LogP contribution in [0.3, 0.4) is 0 Å². The zero-order valence-corrected chi connectivity index (χ0v) is 17.5. The lowest BCUT2D eigenvalue weighted by molar-refractivity contribution is -0.0893. The molecule has 1 aromatic heterocycles. The number of halogens is 1. The van der Waals surface area contributed by atoms with E-state index in [9.17, 15) is 5.11 Å². The van der Waals surface area contributed by atoms with E-state index in [1.807, 2.05) is 19.9 Å². The maximum Gasteiger partial charge on any atom is 0.311 e. The number of benzene rings is 3. The molecule has 0 unspecified atom stereocenters. The molecular weight excluding hydrogens is 375 g/mol. The molecule has 27 heavy (non-hydrogen) atoms. The molecule has 4 aromatic rings. The standard InChI is InChI=1S/C22H22BClO2S/c1-21(2,25)22(3,4)26-23-17-12-20-16(11-18(17)24)15-9-13-7-5-6-8-14(13)10-19(15)27-20/h5-12,23,25H,1-4H3. The van der Waals surface area contributed by atoms with E-state index >= 15 is 0 Å². The summed E-state index contributed by atoms with van der Waals surface area (Å²) in [6.45, 7) is 7.30. The first-order valence-corrected chi connectivity index (χ1v) is 10.2. The first kappa shape index (κ1) is 18.8. The van der Waals surface area contributed by atoms with Gasteiger partial charge in [0.25, 0.3) is 0 Å². The second-order valence-electron chi connectivity index (χ2n) is 8.10. The summed E-state index contributed by atoms with van der Waals surface area (Å²) in [5.74, 6) is 0. The predicted molar refractivity (Wildman–Crippen MR) is 120 cm³/mol. The summed E-state index contributed by atoms with van der Waals surface area (Å²) in [4.78, 5) is 0. The highest BCUT2D eigenvalue weighted by Gasteiger charge is 2.35. The molecule has 138 valence electrons. The normalized spacial score (nSPS) is 13.0. The molecule has 1 heterocycles. The average Bonchev–Trinajstić information content (AvgIpc) is 2.93. The van der Waals surface area contributed by atoms with Gasteiger partial charge >= 0.3 is 7.48 Å². The smallest absolute Gasteiger partial charge is 0.311 e. The van der Waals surface area contributed by atoms with Crippen LogP contribution in [0.15, 0.2) is 48.5 Å². The molecule has 0 amide bonds. The number of aliphatic hydroxyl groups is 1. The van der Waals surface area contributed by atoms with Crippen molar-refractivity contribution < 1.29 is 9.76 Å². The molecule has 0 atom stereocenters. The molecule has 0 aliphatic heterocycles. The van der Waals surface area contributed by atoms with Gasteiger partial charge in [-0.25, -0.2) is 0 Å².